The first-order valence-electron chi connectivity index (χ1n) is 7.74. The van der Waals surface area contributed by atoms with Gasteiger partial charge in [0.15, 0.2) is 5.65 Å². The molecule has 23 heavy (non-hydrogen) atoms. The quantitative estimate of drug-likeness (QED) is 0.564. The van der Waals surface area contributed by atoms with E-state index in [2.05, 4.69) is 52.9 Å². The molecule has 0 atom stereocenters. The lowest BCUT2D eigenvalue weighted by atomic mass is 10.1. The van der Waals surface area contributed by atoms with E-state index in [1.165, 1.54) is 11.1 Å². The number of fused-ring (bicyclic) bond motifs is 1. The van der Waals surface area contributed by atoms with Crippen molar-refractivity contribution in [3.8, 4) is 5.69 Å². The monoisotopic (exact) mass is 299 g/mol. The highest BCUT2D eigenvalue weighted by molar-refractivity contribution is 5.73. The van der Waals surface area contributed by atoms with E-state index in [1.807, 2.05) is 36.5 Å². The highest BCUT2D eigenvalue weighted by Crippen LogP contribution is 2.22. The van der Waals surface area contributed by atoms with Gasteiger partial charge in [0.1, 0.15) is 11.3 Å². The Bertz CT molecular complexity index is 955. The van der Waals surface area contributed by atoms with Crippen LogP contribution < -0.4 is 0 Å². The van der Waals surface area contributed by atoms with Gasteiger partial charge in [0.05, 0.1) is 0 Å². The van der Waals surface area contributed by atoms with Crippen molar-refractivity contribution >= 4 is 11.2 Å². The largest absolute Gasteiger partial charge is 0.280 e. The van der Waals surface area contributed by atoms with E-state index >= 15 is 0 Å². The number of aromatic nitrogens is 3. The molecule has 0 amide bonds. The summed E-state index contributed by atoms with van der Waals surface area (Å²) >= 11 is 0. The highest BCUT2D eigenvalue weighted by atomic mass is 15.1. The van der Waals surface area contributed by atoms with Crippen LogP contribution in [0.15, 0.2) is 72.9 Å². The molecule has 0 radical (unpaired) electrons. The number of hydrogen-bond acceptors (Lipinski definition) is 2. The molecule has 0 spiro atoms. The van der Waals surface area contributed by atoms with Gasteiger partial charge in [-0.1, -0.05) is 48.0 Å². The van der Waals surface area contributed by atoms with Crippen LogP contribution in [0.4, 0.5) is 0 Å². The number of hydrogen-bond donors (Lipinski definition) is 0. The van der Waals surface area contributed by atoms with Crippen LogP contribution in [0.1, 0.15) is 17.0 Å². The summed E-state index contributed by atoms with van der Waals surface area (Å²) in [5.41, 5.74) is 5.46. The van der Waals surface area contributed by atoms with Crippen molar-refractivity contribution < 1.29 is 0 Å². The summed E-state index contributed by atoms with van der Waals surface area (Å²) in [5, 5.41) is 0. The van der Waals surface area contributed by atoms with E-state index < -0.39 is 0 Å². The lowest BCUT2D eigenvalue weighted by Crippen LogP contribution is -2.03. The van der Waals surface area contributed by atoms with Crippen molar-refractivity contribution in [1.82, 2.24) is 14.5 Å². The summed E-state index contributed by atoms with van der Waals surface area (Å²) in [4.78, 5) is 9.35. The predicted octanol–water partition coefficient (Wildman–Crippen LogP) is 4.32. The van der Waals surface area contributed by atoms with Gasteiger partial charge in [-0.3, -0.25) is 4.57 Å². The van der Waals surface area contributed by atoms with Crippen molar-refractivity contribution in [3.05, 3.63) is 89.9 Å². The Kier molecular flexibility index (Phi) is 3.39. The second-order valence-corrected chi connectivity index (χ2v) is 5.71. The number of para-hydroxylation sites is 1. The molecule has 0 bridgehead atoms. The minimum absolute atomic E-state index is 0.785. The Morgan fingerprint density at radius 1 is 0.913 bits per heavy atom. The van der Waals surface area contributed by atoms with Gasteiger partial charge >= 0.3 is 0 Å². The average molecular weight is 299 g/mol. The first-order chi connectivity index (χ1) is 11.3. The SMILES string of the molecule is Cc1cccc(Cc2nc3cccnc3n2-c2ccccc2)c1. The van der Waals surface area contributed by atoms with Gasteiger partial charge in [0, 0.05) is 18.3 Å². The molecule has 112 valence electrons. The molecule has 0 fully saturated rings. The predicted molar refractivity (Wildman–Crippen MR) is 92.9 cm³/mol. The number of nitrogens with zero attached hydrogens (tertiary/aromatic N) is 3. The molecule has 2 aromatic heterocycles. The fourth-order valence-corrected chi connectivity index (χ4v) is 2.93. The van der Waals surface area contributed by atoms with Crippen LogP contribution in [0.25, 0.3) is 16.9 Å². The van der Waals surface area contributed by atoms with Crippen LogP contribution in [0.3, 0.4) is 0 Å². The smallest absolute Gasteiger partial charge is 0.164 e. The second-order valence-electron chi connectivity index (χ2n) is 5.71. The molecule has 0 saturated heterocycles. The summed E-state index contributed by atoms with van der Waals surface area (Å²) in [6, 6.07) is 22.8. The maximum atomic E-state index is 4.81. The molecule has 4 aromatic rings. The van der Waals surface area contributed by atoms with E-state index in [0.29, 0.717) is 0 Å². The van der Waals surface area contributed by atoms with Crippen molar-refractivity contribution in [2.75, 3.05) is 0 Å². The van der Waals surface area contributed by atoms with Crippen molar-refractivity contribution in [1.29, 1.82) is 0 Å². The Labute approximate surface area is 135 Å². The Hall–Kier alpha value is -2.94. The Morgan fingerprint density at radius 2 is 1.78 bits per heavy atom. The van der Waals surface area contributed by atoms with E-state index in [-0.39, 0.29) is 0 Å². The molecule has 2 aromatic carbocycles. The normalized spacial score (nSPS) is 11.0. The lowest BCUT2D eigenvalue weighted by molar-refractivity contribution is 0.924. The summed E-state index contributed by atoms with van der Waals surface area (Å²) in [6.07, 6.45) is 2.60. The van der Waals surface area contributed by atoms with Crippen LogP contribution in [0, 0.1) is 6.92 Å². The van der Waals surface area contributed by atoms with Crippen LogP contribution in [-0.4, -0.2) is 14.5 Å². The van der Waals surface area contributed by atoms with E-state index in [4.69, 9.17) is 4.98 Å². The standard InChI is InChI=1S/C20H17N3/c1-15-7-5-8-16(13-15)14-19-22-18-11-6-12-21-20(18)23(19)17-9-3-2-4-10-17/h2-13H,14H2,1H3. The Morgan fingerprint density at radius 3 is 2.61 bits per heavy atom. The topological polar surface area (TPSA) is 30.7 Å². The number of rotatable bonds is 3. The zero-order valence-corrected chi connectivity index (χ0v) is 13.0. The molecule has 0 unspecified atom stereocenters. The minimum atomic E-state index is 0.785. The molecular formula is C20H17N3. The molecule has 3 nitrogen and oxygen atoms in total. The van der Waals surface area contributed by atoms with Crippen LogP contribution >= 0.6 is 0 Å². The minimum Gasteiger partial charge on any atom is -0.280 e. The molecule has 0 aliphatic carbocycles. The van der Waals surface area contributed by atoms with E-state index in [0.717, 1.165) is 29.1 Å². The van der Waals surface area contributed by atoms with Gasteiger partial charge < -0.3 is 0 Å². The molecule has 2 heterocycles. The summed E-state index contributed by atoms with van der Waals surface area (Å²) < 4.78 is 2.15. The third kappa shape index (κ3) is 2.61. The average Bonchev–Trinajstić information content (AvgIpc) is 2.93. The molecule has 0 saturated carbocycles. The van der Waals surface area contributed by atoms with Crippen LogP contribution in [0.5, 0.6) is 0 Å². The molecule has 0 aliphatic rings. The fourth-order valence-electron chi connectivity index (χ4n) is 2.93. The van der Waals surface area contributed by atoms with Gasteiger partial charge in [-0.2, -0.15) is 0 Å². The third-order valence-corrected chi connectivity index (χ3v) is 3.94. The molecular weight excluding hydrogens is 282 g/mol. The van der Waals surface area contributed by atoms with Gasteiger partial charge in [0.2, 0.25) is 0 Å². The maximum absolute atomic E-state index is 4.81. The van der Waals surface area contributed by atoms with Crippen molar-refractivity contribution in [2.24, 2.45) is 0 Å². The molecule has 3 heteroatoms. The molecule has 0 aliphatic heterocycles. The molecule has 4 rings (SSSR count). The first-order valence-corrected chi connectivity index (χ1v) is 7.74. The van der Waals surface area contributed by atoms with Crippen molar-refractivity contribution in [3.63, 3.8) is 0 Å². The van der Waals surface area contributed by atoms with Crippen LogP contribution in [0.2, 0.25) is 0 Å². The van der Waals surface area contributed by atoms with Crippen molar-refractivity contribution in [2.45, 2.75) is 13.3 Å². The summed E-state index contributed by atoms with van der Waals surface area (Å²) in [6.45, 7) is 2.12. The Balaban J connectivity index is 1.89. The van der Waals surface area contributed by atoms with Crippen LogP contribution in [-0.2, 0) is 6.42 Å². The second kappa shape index (κ2) is 5.69. The number of pyridine rings is 1. The van der Waals surface area contributed by atoms with Gasteiger partial charge in [-0.25, -0.2) is 9.97 Å². The highest BCUT2D eigenvalue weighted by Gasteiger charge is 2.13. The zero-order valence-electron chi connectivity index (χ0n) is 13.0. The number of aryl methyl sites for hydroxylation is 1. The maximum Gasteiger partial charge on any atom is 0.164 e. The number of imidazole rings is 1. The van der Waals surface area contributed by atoms with E-state index in [9.17, 15) is 0 Å². The zero-order chi connectivity index (χ0) is 15.6. The summed E-state index contributed by atoms with van der Waals surface area (Å²) in [7, 11) is 0. The summed E-state index contributed by atoms with van der Waals surface area (Å²) in [5.74, 6) is 1.01. The molecule has 0 N–H and O–H groups in total. The number of benzene rings is 2. The van der Waals surface area contributed by atoms with E-state index in [1.54, 1.807) is 0 Å². The lowest BCUT2D eigenvalue weighted by Gasteiger charge is -2.09. The van der Waals surface area contributed by atoms with Gasteiger partial charge in [0.25, 0.3) is 0 Å². The first kappa shape index (κ1) is 13.7. The third-order valence-electron chi connectivity index (χ3n) is 3.94. The fraction of sp³-hybridized carbons (Fsp3) is 0.100. The van der Waals surface area contributed by atoms with Gasteiger partial charge in [-0.15, -0.1) is 0 Å². The van der Waals surface area contributed by atoms with Gasteiger partial charge in [-0.05, 0) is 36.8 Å².